The molecule has 6 nitrogen and oxygen atoms in total. The van der Waals surface area contributed by atoms with Crippen molar-refractivity contribution < 1.29 is 9.59 Å². The molecule has 3 rings (SSSR count). The second-order valence-corrected chi connectivity index (χ2v) is 8.13. The minimum atomic E-state index is -0.582. The highest BCUT2D eigenvalue weighted by atomic mass is 16.2. The maximum Gasteiger partial charge on any atom is 0.268 e. The zero-order valence-corrected chi connectivity index (χ0v) is 15.9. The Kier molecular flexibility index (Phi) is 5.05. The summed E-state index contributed by atoms with van der Waals surface area (Å²) in [6.45, 7) is 10.2. The van der Waals surface area contributed by atoms with Gasteiger partial charge in [-0.05, 0) is 24.5 Å². The van der Waals surface area contributed by atoms with Gasteiger partial charge in [-0.3, -0.25) is 9.59 Å². The largest absolute Gasteiger partial charge is 0.351 e. The van der Waals surface area contributed by atoms with E-state index in [1.165, 1.54) is 0 Å². The number of hydrogen-bond acceptors (Lipinski definition) is 3. The molecule has 0 radical (unpaired) electrons. The third-order valence-electron chi connectivity index (χ3n) is 4.95. The van der Waals surface area contributed by atoms with E-state index in [2.05, 4.69) is 15.6 Å². The van der Waals surface area contributed by atoms with Crippen molar-refractivity contribution in [3.05, 3.63) is 36.0 Å². The van der Waals surface area contributed by atoms with Crippen molar-refractivity contribution in [1.29, 1.82) is 0 Å². The smallest absolute Gasteiger partial charge is 0.268 e. The number of H-pyrrole nitrogens is 1. The number of nitrogens with zero attached hydrogens (tertiary/aromatic N) is 1. The van der Waals surface area contributed by atoms with Gasteiger partial charge in [0, 0.05) is 36.6 Å². The Morgan fingerprint density at radius 3 is 2.65 bits per heavy atom. The van der Waals surface area contributed by atoms with Crippen molar-refractivity contribution in [2.24, 2.45) is 5.41 Å². The van der Waals surface area contributed by atoms with E-state index in [-0.39, 0.29) is 23.3 Å². The van der Waals surface area contributed by atoms with Gasteiger partial charge in [-0.1, -0.05) is 39.0 Å². The fourth-order valence-electron chi connectivity index (χ4n) is 3.39. The highest BCUT2D eigenvalue weighted by molar-refractivity contribution is 6.00. The molecular formula is C20H28N4O2. The van der Waals surface area contributed by atoms with Crippen LogP contribution in [0.25, 0.3) is 10.9 Å². The van der Waals surface area contributed by atoms with E-state index >= 15 is 0 Å². The fraction of sp³-hybridized carbons (Fsp3) is 0.500. The lowest BCUT2D eigenvalue weighted by Gasteiger charge is -2.40. The van der Waals surface area contributed by atoms with Crippen molar-refractivity contribution in [2.45, 2.75) is 39.8 Å². The van der Waals surface area contributed by atoms with Crippen molar-refractivity contribution in [3.8, 4) is 0 Å². The molecule has 2 atom stereocenters. The SMILES string of the molecule is CC1CNCCN1C(=O)C(NC(=O)c1cc2ccccc2[nH]1)C(C)(C)C. The first kappa shape index (κ1) is 18.5. The van der Waals surface area contributed by atoms with Crippen LogP contribution in [-0.4, -0.2) is 53.4 Å². The maximum atomic E-state index is 13.2. The minimum absolute atomic E-state index is 0.0176. The second kappa shape index (κ2) is 7.11. The molecule has 0 saturated carbocycles. The third kappa shape index (κ3) is 3.75. The molecule has 1 aromatic carbocycles. The van der Waals surface area contributed by atoms with E-state index in [0.717, 1.165) is 24.0 Å². The summed E-state index contributed by atoms with van der Waals surface area (Å²) >= 11 is 0. The van der Waals surface area contributed by atoms with Gasteiger partial charge in [-0.15, -0.1) is 0 Å². The van der Waals surface area contributed by atoms with Gasteiger partial charge < -0.3 is 20.5 Å². The van der Waals surface area contributed by atoms with E-state index in [0.29, 0.717) is 12.2 Å². The number of aromatic amines is 1. The summed E-state index contributed by atoms with van der Waals surface area (Å²) in [6, 6.07) is 9.10. The van der Waals surface area contributed by atoms with Crippen LogP contribution in [0.3, 0.4) is 0 Å². The first-order chi connectivity index (χ1) is 12.3. The van der Waals surface area contributed by atoms with Gasteiger partial charge in [-0.25, -0.2) is 0 Å². The lowest BCUT2D eigenvalue weighted by atomic mass is 9.85. The number of aromatic nitrogens is 1. The predicted molar refractivity (Wildman–Crippen MR) is 103 cm³/mol. The lowest BCUT2D eigenvalue weighted by molar-refractivity contribution is -0.138. The van der Waals surface area contributed by atoms with Crippen LogP contribution in [-0.2, 0) is 4.79 Å². The standard InChI is InChI=1S/C20H28N4O2/c1-13-12-21-9-10-24(13)19(26)17(20(2,3)4)23-18(25)16-11-14-7-5-6-8-15(14)22-16/h5-8,11,13,17,21-22H,9-10,12H2,1-4H3,(H,23,25). The number of amides is 2. The van der Waals surface area contributed by atoms with Crippen LogP contribution >= 0.6 is 0 Å². The van der Waals surface area contributed by atoms with E-state index in [1.54, 1.807) is 0 Å². The van der Waals surface area contributed by atoms with Crippen LogP contribution in [0.15, 0.2) is 30.3 Å². The number of hydrogen-bond donors (Lipinski definition) is 3. The van der Waals surface area contributed by atoms with Gasteiger partial charge in [0.1, 0.15) is 11.7 Å². The Balaban J connectivity index is 1.81. The number of nitrogens with one attached hydrogen (secondary N) is 3. The predicted octanol–water partition coefficient (Wildman–Crippen LogP) is 2.13. The van der Waals surface area contributed by atoms with E-state index in [9.17, 15) is 9.59 Å². The van der Waals surface area contributed by atoms with Gasteiger partial charge in [0.05, 0.1) is 0 Å². The zero-order valence-electron chi connectivity index (χ0n) is 15.9. The van der Waals surface area contributed by atoms with Gasteiger partial charge in [0.15, 0.2) is 0 Å². The first-order valence-electron chi connectivity index (χ1n) is 9.17. The van der Waals surface area contributed by atoms with Crippen molar-refractivity contribution in [2.75, 3.05) is 19.6 Å². The number of para-hydroxylation sites is 1. The number of piperazine rings is 1. The molecule has 1 aromatic heterocycles. The molecule has 26 heavy (non-hydrogen) atoms. The van der Waals surface area contributed by atoms with Gasteiger partial charge in [0.2, 0.25) is 5.91 Å². The topological polar surface area (TPSA) is 77.2 Å². The molecule has 1 fully saturated rings. The quantitative estimate of drug-likeness (QED) is 0.788. The average Bonchev–Trinajstić information content (AvgIpc) is 3.02. The summed E-state index contributed by atoms with van der Waals surface area (Å²) in [5.74, 6) is -0.270. The Labute approximate surface area is 154 Å². The van der Waals surface area contributed by atoms with E-state index < -0.39 is 6.04 Å². The van der Waals surface area contributed by atoms with E-state index in [1.807, 2.05) is 62.9 Å². The summed E-state index contributed by atoms with van der Waals surface area (Å²) < 4.78 is 0. The maximum absolute atomic E-state index is 13.2. The molecule has 140 valence electrons. The first-order valence-corrected chi connectivity index (χ1v) is 9.17. The second-order valence-electron chi connectivity index (χ2n) is 8.13. The minimum Gasteiger partial charge on any atom is -0.351 e. The van der Waals surface area contributed by atoms with Gasteiger partial charge in [0.25, 0.3) is 5.91 Å². The molecular weight excluding hydrogens is 328 g/mol. The van der Waals surface area contributed by atoms with Crippen molar-refractivity contribution in [3.63, 3.8) is 0 Å². The van der Waals surface area contributed by atoms with Gasteiger partial charge >= 0.3 is 0 Å². The lowest BCUT2D eigenvalue weighted by Crippen LogP contribution is -2.60. The number of rotatable bonds is 3. The highest BCUT2D eigenvalue weighted by Gasteiger charge is 2.38. The molecule has 0 aliphatic carbocycles. The molecule has 2 amide bonds. The molecule has 2 unspecified atom stereocenters. The molecule has 2 aromatic rings. The van der Waals surface area contributed by atoms with Crippen LogP contribution in [0.1, 0.15) is 38.2 Å². The monoisotopic (exact) mass is 356 g/mol. The average molecular weight is 356 g/mol. The summed E-state index contributed by atoms with van der Waals surface area (Å²) in [6.07, 6.45) is 0. The number of fused-ring (bicyclic) bond motifs is 1. The van der Waals surface area contributed by atoms with Crippen LogP contribution < -0.4 is 10.6 Å². The Hall–Kier alpha value is -2.34. The zero-order chi connectivity index (χ0) is 18.9. The van der Waals surface area contributed by atoms with Crippen molar-refractivity contribution in [1.82, 2.24) is 20.5 Å². The summed E-state index contributed by atoms with van der Waals surface area (Å²) in [5, 5.41) is 7.24. The normalized spacial score (nSPS) is 19.4. The van der Waals surface area contributed by atoms with Crippen LogP contribution in [0.2, 0.25) is 0 Å². The molecule has 2 heterocycles. The van der Waals surface area contributed by atoms with Crippen LogP contribution in [0.4, 0.5) is 0 Å². The molecule has 6 heteroatoms. The highest BCUT2D eigenvalue weighted by Crippen LogP contribution is 2.23. The van der Waals surface area contributed by atoms with E-state index in [4.69, 9.17) is 0 Å². The molecule has 0 spiro atoms. The number of carbonyl (C=O) groups excluding carboxylic acids is 2. The molecule has 0 bridgehead atoms. The van der Waals surface area contributed by atoms with Crippen LogP contribution in [0.5, 0.6) is 0 Å². The fourth-order valence-corrected chi connectivity index (χ4v) is 3.39. The van der Waals surface area contributed by atoms with Crippen molar-refractivity contribution >= 4 is 22.7 Å². The summed E-state index contributed by atoms with van der Waals surface area (Å²) in [7, 11) is 0. The Morgan fingerprint density at radius 2 is 2.00 bits per heavy atom. The molecule has 3 N–H and O–H groups in total. The molecule has 1 aliphatic rings. The number of carbonyl (C=O) groups is 2. The Bertz CT molecular complexity index is 772. The molecule has 1 aliphatic heterocycles. The summed E-state index contributed by atoms with van der Waals surface area (Å²) in [4.78, 5) is 31.0. The van der Waals surface area contributed by atoms with Crippen LogP contribution in [0, 0.1) is 5.41 Å². The Morgan fingerprint density at radius 1 is 1.27 bits per heavy atom. The van der Waals surface area contributed by atoms with Gasteiger partial charge in [-0.2, -0.15) is 0 Å². The number of benzene rings is 1. The molecule has 1 saturated heterocycles. The summed E-state index contributed by atoms with van der Waals surface area (Å²) in [5.41, 5.74) is 0.997. The third-order valence-corrected chi connectivity index (χ3v) is 4.95.